The molecule has 0 atom stereocenters. The average Bonchev–Trinajstić information content (AvgIpc) is 3.03. The summed E-state index contributed by atoms with van der Waals surface area (Å²) in [5, 5.41) is 19.1. The second kappa shape index (κ2) is 27.6. The van der Waals surface area contributed by atoms with Gasteiger partial charge in [-0.15, -0.1) is 0 Å². The minimum Gasteiger partial charge on any atom is -0.351 e. The van der Waals surface area contributed by atoms with Crippen molar-refractivity contribution in [1.82, 2.24) is 10.2 Å². The average molecular weight is 559 g/mol. The molecule has 5 nitrogen and oxygen atoms in total. The summed E-state index contributed by atoms with van der Waals surface area (Å²) in [4.78, 5) is 12.2. The van der Waals surface area contributed by atoms with Crippen molar-refractivity contribution in [2.45, 2.75) is 74.7 Å². The molecule has 3 aromatic rings. The number of nitrogens with one attached hydrogen (secondary N) is 3. The second-order valence-electron chi connectivity index (χ2n) is 8.79. The minimum absolute atomic E-state index is 0.131. The van der Waals surface area contributed by atoms with Crippen molar-refractivity contribution >= 4 is 18.1 Å². The van der Waals surface area contributed by atoms with Gasteiger partial charge in [-0.05, 0) is 51.7 Å². The molecule has 5 heteroatoms. The van der Waals surface area contributed by atoms with Crippen LogP contribution in [-0.2, 0) is 17.6 Å². The van der Waals surface area contributed by atoms with Gasteiger partial charge < -0.3 is 10.2 Å². The van der Waals surface area contributed by atoms with E-state index >= 15 is 0 Å². The molecule has 0 unspecified atom stereocenters. The molecule has 0 aromatic heterocycles. The number of hydrogen-bond donors (Lipinski definition) is 3. The number of carbonyl (C=O) groups is 1. The first-order valence-electron chi connectivity index (χ1n) is 14.7. The van der Waals surface area contributed by atoms with E-state index < -0.39 is 0 Å². The molecule has 0 aliphatic heterocycles. The molecule has 1 amide bonds. The van der Waals surface area contributed by atoms with Crippen LogP contribution >= 0.6 is 0 Å². The van der Waals surface area contributed by atoms with Gasteiger partial charge in [0.15, 0.2) is 0 Å². The molecule has 0 aliphatic rings. The number of amidine groups is 2. The first kappa shape index (κ1) is 39.2. The summed E-state index contributed by atoms with van der Waals surface area (Å²) in [5.74, 6) is 0.638. The van der Waals surface area contributed by atoms with Crippen molar-refractivity contribution in [2.75, 3.05) is 13.1 Å². The lowest BCUT2D eigenvalue weighted by atomic mass is 10.1. The zero-order chi connectivity index (χ0) is 31.3. The van der Waals surface area contributed by atoms with E-state index in [0.717, 1.165) is 12.8 Å². The Morgan fingerprint density at radius 2 is 1.15 bits per heavy atom. The Labute approximate surface area is 250 Å². The molecular formula is C36H54N4O. The van der Waals surface area contributed by atoms with E-state index in [0.29, 0.717) is 25.2 Å². The second-order valence-corrected chi connectivity index (χ2v) is 8.79. The normalized spacial score (nSPS) is 8.78. The smallest absolute Gasteiger partial charge is 0.207 e. The van der Waals surface area contributed by atoms with Gasteiger partial charge in [-0.3, -0.25) is 15.6 Å². The summed E-state index contributed by atoms with van der Waals surface area (Å²) in [5.41, 5.74) is 5.04. The first-order valence-corrected chi connectivity index (χ1v) is 14.7. The number of rotatable bonds is 9. The lowest BCUT2D eigenvalue weighted by molar-refractivity contribution is -0.109. The largest absolute Gasteiger partial charge is 0.351 e. The summed E-state index contributed by atoms with van der Waals surface area (Å²) >= 11 is 0. The van der Waals surface area contributed by atoms with E-state index in [4.69, 9.17) is 10.8 Å². The fraction of sp³-hybridized carbons (Fsp3) is 0.361. The summed E-state index contributed by atoms with van der Waals surface area (Å²) < 4.78 is 0. The molecule has 3 rings (SSSR count). The number of amides is 1. The van der Waals surface area contributed by atoms with Crippen LogP contribution < -0.4 is 5.32 Å². The molecule has 0 fully saturated rings. The minimum atomic E-state index is 0.131. The molecule has 41 heavy (non-hydrogen) atoms. The number of benzene rings is 3. The van der Waals surface area contributed by atoms with Gasteiger partial charge in [-0.1, -0.05) is 136 Å². The van der Waals surface area contributed by atoms with Crippen LogP contribution in [0.1, 0.15) is 71.6 Å². The van der Waals surface area contributed by atoms with Crippen LogP contribution in [0.3, 0.4) is 0 Å². The molecule has 0 spiro atoms. The number of aryl methyl sites for hydroxylation is 2. The zero-order valence-electron chi connectivity index (χ0n) is 26.7. The number of allylic oxidation sites excluding steroid dienone is 2. The molecule has 0 bridgehead atoms. The lowest BCUT2D eigenvalue weighted by Gasteiger charge is -2.26. The van der Waals surface area contributed by atoms with Gasteiger partial charge in [0.05, 0.1) is 6.54 Å². The van der Waals surface area contributed by atoms with Crippen LogP contribution in [0.15, 0.2) is 103 Å². The standard InChI is InChI=1S/C20H24N4O.C7H8.C5H10.2C2H6/c21-19(12-11-17-7-3-1-4-8-17)24(20(22)15-23-16-25)14-13-18-9-5-2-6-10-18;1-7-5-3-2-4-6-7;1-4-5(2)3;2*1-2/h1-10,16,21-22H,11-15H2,(H,23,25);2-6H,1H3;4H,1-3H3;2*1-2H3. The van der Waals surface area contributed by atoms with Gasteiger partial charge in [0.25, 0.3) is 0 Å². The SMILES string of the molecule is CC.CC.CC=C(C)C.Cc1ccccc1.N=C(CCc1ccccc1)N(CCc1ccccc1)C(=N)CNC=O. The molecular weight excluding hydrogens is 504 g/mol. The maximum Gasteiger partial charge on any atom is 0.207 e. The van der Waals surface area contributed by atoms with Crippen LogP contribution in [0.4, 0.5) is 0 Å². The van der Waals surface area contributed by atoms with E-state index in [1.807, 2.05) is 113 Å². The Morgan fingerprint density at radius 3 is 1.51 bits per heavy atom. The van der Waals surface area contributed by atoms with Crippen LogP contribution in [-0.4, -0.2) is 36.1 Å². The van der Waals surface area contributed by atoms with Crippen molar-refractivity contribution in [1.29, 1.82) is 10.8 Å². The van der Waals surface area contributed by atoms with Gasteiger partial charge in [0.2, 0.25) is 6.41 Å². The van der Waals surface area contributed by atoms with E-state index in [1.54, 1.807) is 4.90 Å². The van der Waals surface area contributed by atoms with Gasteiger partial charge in [-0.25, -0.2) is 0 Å². The Morgan fingerprint density at radius 1 is 0.732 bits per heavy atom. The first-order chi connectivity index (χ1) is 19.9. The van der Waals surface area contributed by atoms with Gasteiger partial charge in [-0.2, -0.15) is 0 Å². The highest BCUT2D eigenvalue weighted by Crippen LogP contribution is 2.08. The van der Waals surface area contributed by atoms with Crippen LogP contribution in [0.25, 0.3) is 0 Å². The topological polar surface area (TPSA) is 80.0 Å². The Hall–Kier alpha value is -3.99. The van der Waals surface area contributed by atoms with Gasteiger partial charge in [0, 0.05) is 13.0 Å². The lowest BCUT2D eigenvalue weighted by Crippen LogP contribution is -2.42. The van der Waals surface area contributed by atoms with Gasteiger partial charge >= 0.3 is 0 Å². The molecule has 0 saturated heterocycles. The zero-order valence-corrected chi connectivity index (χ0v) is 26.7. The Balaban J connectivity index is 0. The molecule has 3 N–H and O–H groups in total. The fourth-order valence-corrected chi connectivity index (χ4v) is 3.13. The summed E-state index contributed by atoms with van der Waals surface area (Å²) in [6.45, 7) is 17.0. The summed E-state index contributed by atoms with van der Waals surface area (Å²) in [6, 6.07) is 30.3. The third-order valence-corrected chi connectivity index (χ3v) is 5.48. The summed E-state index contributed by atoms with van der Waals surface area (Å²) in [7, 11) is 0. The number of hydrogen-bond acceptors (Lipinski definition) is 3. The monoisotopic (exact) mass is 558 g/mol. The van der Waals surface area contributed by atoms with E-state index in [2.05, 4.69) is 44.3 Å². The van der Waals surface area contributed by atoms with Crippen molar-refractivity contribution in [3.8, 4) is 0 Å². The van der Waals surface area contributed by atoms with E-state index in [1.165, 1.54) is 22.3 Å². The van der Waals surface area contributed by atoms with Crippen LogP contribution in [0.2, 0.25) is 0 Å². The van der Waals surface area contributed by atoms with Crippen LogP contribution in [0, 0.1) is 17.7 Å². The van der Waals surface area contributed by atoms with Crippen molar-refractivity contribution in [2.24, 2.45) is 0 Å². The maximum atomic E-state index is 10.5. The quantitative estimate of drug-likeness (QED) is 0.106. The predicted octanol–water partition coefficient (Wildman–Crippen LogP) is 8.88. The third kappa shape index (κ3) is 21.5. The summed E-state index contributed by atoms with van der Waals surface area (Å²) in [6.07, 6.45) is 4.73. The van der Waals surface area contributed by atoms with Crippen molar-refractivity contribution in [3.63, 3.8) is 0 Å². The fourth-order valence-electron chi connectivity index (χ4n) is 3.13. The predicted molar refractivity (Wildman–Crippen MR) is 180 cm³/mol. The van der Waals surface area contributed by atoms with E-state index in [9.17, 15) is 4.79 Å². The van der Waals surface area contributed by atoms with Crippen molar-refractivity contribution in [3.05, 3.63) is 119 Å². The molecule has 0 heterocycles. The highest BCUT2D eigenvalue weighted by atomic mass is 16.1. The van der Waals surface area contributed by atoms with Crippen LogP contribution in [0.5, 0.6) is 0 Å². The Kier molecular flexibility index (Phi) is 26.3. The maximum absolute atomic E-state index is 10.5. The highest BCUT2D eigenvalue weighted by molar-refractivity contribution is 5.99. The Bertz CT molecular complexity index is 1060. The molecule has 0 radical (unpaired) electrons. The van der Waals surface area contributed by atoms with Gasteiger partial charge in [0.1, 0.15) is 11.7 Å². The molecule has 224 valence electrons. The van der Waals surface area contributed by atoms with E-state index in [-0.39, 0.29) is 12.4 Å². The number of nitrogens with zero attached hydrogens (tertiary/aromatic N) is 1. The molecule has 3 aromatic carbocycles. The van der Waals surface area contributed by atoms with Crippen molar-refractivity contribution < 1.29 is 4.79 Å². The highest BCUT2D eigenvalue weighted by Gasteiger charge is 2.15. The number of carbonyl (C=O) groups excluding carboxylic acids is 1. The molecule has 0 aliphatic carbocycles. The molecule has 0 saturated carbocycles. The third-order valence-electron chi connectivity index (χ3n) is 5.48.